The number of nitrogens with one attached hydrogen (secondary N) is 2. The number of allylic oxidation sites excluding steroid dienone is 1. The molecule has 0 atom stereocenters. The van der Waals surface area contributed by atoms with Crippen LogP contribution in [0, 0.1) is 5.82 Å². The second kappa shape index (κ2) is 9.41. The van der Waals surface area contributed by atoms with E-state index >= 15 is 0 Å². The van der Waals surface area contributed by atoms with Gasteiger partial charge in [0.05, 0.1) is 34.2 Å². The Morgan fingerprint density at radius 2 is 2.09 bits per heavy atom. The Balaban J connectivity index is 1.80. The van der Waals surface area contributed by atoms with Gasteiger partial charge < -0.3 is 10.1 Å². The molecule has 1 aliphatic carbocycles. The Bertz CT molecular complexity index is 1270. The summed E-state index contributed by atoms with van der Waals surface area (Å²) in [6, 6.07) is 6.08. The minimum Gasteiger partial charge on any atom is -0.495 e. The van der Waals surface area contributed by atoms with Gasteiger partial charge >= 0.3 is 0 Å². The number of anilines is 1. The van der Waals surface area contributed by atoms with Crippen molar-refractivity contribution in [3.8, 4) is 17.0 Å². The highest BCUT2D eigenvalue weighted by atomic mass is 35.5. The minimum atomic E-state index is -0.460. The molecule has 3 aromatic rings. The van der Waals surface area contributed by atoms with E-state index in [4.69, 9.17) is 27.9 Å². The number of aromatic amines is 1. The highest BCUT2D eigenvalue weighted by Crippen LogP contribution is 2.45. The summed E-state index contributed by atoms with van der Waals surface area (Å²) >= 11 is 13.4. The summed E-state index contributed by atoms with van der Waals surface area (Å²) in [4.78, 5) is 11.8. The van der Waals surface area contributed by atoms with Gasteiger partial charge in [-0.25, -0.2) is 4.39 Å². The van der Waals surface area contributed by atoms with Gasteiger partial charge in [-0.1, -0.05) is 36.7 Å². The highest BCUT2D eigenvalue weighted by molar-refractivity contribution is 6.39. The molecule has 1 aliphatic rings. The lowest BCUT2D eigenvalue weighted by Crippen LogP contribution is -2.09. The van der Waals surface area contributed by atoms with Crippen LogP contribution in [0.2, 0.25) is 10.0 Å². The third kappa shape index (κ3) is 4.28. The van der Waals surface area contributed by atoms with Crippen molar-refractivity contribution in [2.24, 2.45) is 0 Å². The average Bonchev–Trinajstić information content (AvgIpc) is 3.22. The number of fused-ring (bicyclic) bond motifs is 1. The Hall–Kier alpha value is -3.09. The summed E-state index contributed by atoms with van der Waals surface area (Å²) in [5.41, 5.74) is 6.06. The molecular weight excluding hydrogens is 464 g/mol. The molecule has 5 nitrogen and oxygen atoms in total. The molecule has 0 spiro atoms. The Morgan fingerprint density at radius 1 is 1.30 bits per heavy atom. The Kier molecular flexibility index (Phi) is 6.58. The quantitative estimate of drug-likeness (QED) is 0.381. The predicted molar refractivity (Wildman–Crippen MR) is 131 cm³/mol. The van der Waals surface area contributed by atoms with E-state index in [2.05, 4.69) is 22.1 Å². The van der Waals surface area contributed by atoms with Crippen molar-refractivity contribution >= 4 is 46.4 Å². The summed E-state index contributed by atoms with van der Waals surface area (Å²) in [5.74, 6) is -0.306. The van der Waals surface area contributed by atoms with Crippen LogP contribution in [0.1, 0.15) is 35.7 Å². The van der Waals surface area contributed by atoms with Gasteiger partial charge in [0.15, 0.2) is 0 Å². The van der Waals surface area contributed by atoms with Gasteiger partial charge in [0.25, 0.3) is 0 Å². The van der Waals surface area contributed by atoms with E-state index in [0.717, 1.165) is 40.5 Å². The number of carbonyl (C=O) groups is 1. The van der Waals surface area contributed by atoms with Crippen molar-refractivity contribution < 1.29 is 13.9 Å². The van der Waals surface area contributed by atoms with Crippen LogP contribution in [0.5, 0.6) is 5.75 Å². The fraction of sp³-hybridized carbons (Fsp3) is 0.200. The van der Waals surface area contributed by atoms with Crippen LogP contribution < -0.4 is 10.1 Å². The number of halogens is 3. The Morgan fingerprint density at radius 3 is 2.79 bits per heavy atom. The van der Waals surface area contributed by atoms with E-state index in [1.807, 2.05) is 19.1 Å². The number of hydrogen-bond donors (Lipinski definition) is 2. The zero-order chi connectivity index (χ0) is 23.7. The van der Waals surface area contributed by atoms with Crippen LogP contribution in [-0.2, 0) is 17.6 Å². The van der Waals surface area contributed by atoms with Gasteiger partial charge in [0.1, 0.15) is 11.6 Å². The first-order valence-corrected chi connectivity index (χ1v) is 11.2. The lowest BCUT2D eigenvalue weighted by atomic mass is 9.88. The normalized spacial score (nSPS) is 12.7. The van der Waals surface area contributed by atoms with E-state index < -0.39 is 11.7 Å². The molecule has 0 unspecified atom stereocenters. The molecule has 0 saturated heterocycles. The van der Waals surface area contributed by atoms with Gasteiger partial charge in [0, 0.05) is 16.7 Å². The first-order chi connectivity index (χ1) is 15.9. The van der Waals surface area contributed by atoms with Crippen molar-refractivity contribution in [3.63, 3.8) is 0 Å². The second-order valence-corrected chi connectivity index (χ2v) is 8.37. The molecule has 1 amide bonds. The van der Waals surface area contributed by atoms with Crippen molar-refractivity contribution in [2.45, 2.75) is 26.2 Å². The van der Waals surface area contributed by atoms with E-state index in [0.29, 0.717) is 45.6 Å². The molecule has 1 heterocycles. The van der Waals surface area contributed by atoms with Gasteiger partial charge in [-0.15, -0.1) is 0 Å². The zero-order valence-corrected chi connectivity index (χ0v) is 19.7. The molecule has 170 valence electrons. The summed E-state index contributed by atoms with van der Waals surface area (Å²) in [7, 11) is 1.58. The van der Waals surface area contributed by atoms with E-state index in [-0.39, 0.29) is 0 Å². The number of aromatic nitrogens is 2. The molecule has 2 aromatic carbocycles. The van der Waals surface area contributed by atoms with E-state index in [9.17, 15) is 9.18 Å². The second-order valence-electron chi connectivity index (χ2n) is 7.61. The SMILES string of the molecule is C=CC(=O)Nc1cc(F)ccc1-c1n[nH]c2c1CCC(c1c(Cl)c(CC)cc(OC)c1Cl)=C2. The summed E-state index contributed by atoms with van der Waals surface area (Å²) in [6.45, 7) is 5.48. The van der Waals surface area contributed by atoms with Crippen molar-refractivity contribution in [3.05, 3.63) is 75.2 Å². The summed E-state index contributed by atoms with van der Waals surface area (Å²) < 4.78 is 19.3. The van der Waals surface area contributed by atoms with Gasteiger partial charge in [-0.3, -0.25) is 9.89 Å². The van der Waals surface area contributed by atoms with Crippen LogP contribution in [0.4, 0.5) is 10.1 Å². The van der Waals surface area contributed by atoms with Crippen molar-refractivity contribution in [2.75, 3.05) is 12.4 Å². The lowest BCUT2D eigenvalue weighted by Gasteiger charge is -2.20. The maximum Gasteiger partial charge on any atom is 0.247 e. The van der Waals surface area contributed by atoms with E-state index in [1.165, 1.54) is 12.1 Å². The van der Waals surface area contributed by atoms with Crippen molar-refractivity contribution in [1.82, 2.24) is 10.2 Å². The number of aryl methyl sites for hydroxylation is 1. The highest BCUT2D eigenvalue weighted by Gasteiger charge is 2.25. The Labute approximate surface area is 201 Å². The largest absolute Gasteiger partial charge is 0.495 e. The number of nitrogens with zero attached hydrogens (tertiary/aromatic N) is 1. The van der Waals surface area contributed by atoms with Crippen molar-refractivity contribution in [1.29, 1.82) is 0 Å². The number of benzene rings is 2. The molecule has 0 aliphatic heterocycles. The summed E-state index contributed by atoms with van der Waals surface area (Å²) in [6.07, 6.45) is 5.19. The average molecular weight is 486 g/mol. The molecule has 0 bridgehead atoms. The number of rotatable bonds is 6. The standard InChI is InChI=1S/C25H22Cl2FN3O2/c1-4-13-11-20(33-3)24(27)22(23(13)26)14-6-8-17-19(10-14)30-31-25(17)16-9-7-15(28)12-18(16)29-21(32)5-2/h5,7,9-12H,2,4,6,8H2,1,3H3,(H,29,32)(H,30,31). The number of ether oxygens (including phenoxy) is 1. The fourth-order valence-electron chi connectivity index (χ4n) is 4.04. The number of carbonyl (C=O) groups excluding carboxylic acids is 1. The lowest BCUT2D eigenvalue weighted by molar-refractivity contribution is -0.111. The van der Waals surface area contributed by atoms with Gasteiger partial charge in [-0.2, -0.15) is 5.10 Å². The third-order valence-electron chi connectivity index (χ3n) is 5.71. The minimum absolute atomic E-state index is 0.329. The van der Waals surface area contributed by atoms with Crippen LogP contribution >= 0.6 is 23.2 Å². The maximum absolute atomic E-state index is 13.9. The number of methoxy groups -OCH3 is 1. The molecule has 0 radical (unpaired) electrons. The monoisotopic (exact) mass is 485 g/mol. The van der Waals surface area contributed by atoms with E-state index in [1.54, 1.807) is 13.2 Å². The molecule has 1 aromatic heterocycles. The van der Waals surface area contributed by atoms with Gasteiger partial charge in [0.2, 0.25) is 5.91 Å². The maximum atomic E-state index is 13.9. The number of hydrogen-bond acceptors (Lipinski definition) is 3. The molecule has 4 rings (SSSR count). The molecule has 2 N–H and O–H groups in total. The first-order valence-electron chi connectivity index (χ1n) is 10.4. The number of amides is 1. The molecular formula is C25H22Cl2FN3O2. The number of H-pyrrole nitrogens is 1. The van der Waals surface area contributed by atoms with Crippen LogP contribution in [0.15, 0.2) is 36.9 Å². The van der Waals surface area contributed by atoms with Crippen LogP contribution in [-0.4, -0.2) is 23.2 Å². The summed E-state index contributed by atoms with van der Waals surface area (Å²) in [5, 5.41) is 11.3. The topological polar surface area (TPSA) is 67.0 Å². The fourth-order valence-corrected chi connectivity index (χ4v) is 4.84. The zero-order valence-electron chi connectivity index (χ0n) is 18.2. The molecule has 8 heteroatoms. The van der Waals surface area contributed by atoms with Crippen LogP contribution in [0.25, 0.3) is 22.9 Å². The molecule has 0 fully saturated rings. The first kappa shape index (κ1) is 23.1. The van der Waals surface area contributed by atoms with Gasteiger partial charge in [-0.05, 0) is 66.8 Å². The predicted octanol–water partition coefficient (Wildman–Crippen LogP) is 6.70. The third-order valence-corrected chi connectivity index (χ3v) is 6.51. The molecule has 0 saturated carbocycles. The van der Waals surface area contributed by atoms with Crippen LogP contribution in [0.3, 0.4) is 0 Å². The smallest absolute Gasteiger partial charge is 0.247 e. The molecule has 33 heavy (non-hydrogen) atoms.